The highest BCUT2D eigenvalue weighted by molar-refractivity contribution is 5.32. The van der Waals surface area contributed by atoms with Gasteiger partial charge in [0, 0.05) is 23.2 Å². The number of aromatic nitrogens is 4. The molecule has 0 fully saturated rings. The molecule has 0 spiro atoms. The van der Waals surface area contributed by atoms with E-state index in [1.807, 2.05) is 12.4 Å². The second-order valence-electron chi connectivity index (χ2n) is 11.3. The Kier molecular flexibility index (Phi) is 6.04. The van der Waals surface area contributed by atoms with Crippen LogP contribution >= 0.6 is 0 Å². The van der Waals surface area contributed by atoms with Gasteiger partial charge in [-0.15, -0.1) is 0 Å². The Bertz CT molecular complexity index is 738. The second kappa shape index (κ2) is 7.53. The molecule has 0 amide bonds. The molecule has 4 nitrogen and oxygen atoms in total. The number of rotatable bonds is 5. The Labute approximate surface area is 171 Å². The molecule has 28 heavy (non-hydrogen) atoms. The van der Waals surface area contributed by atoms with Gasteiger partial charge in [-0.3, -0.25) is 0 Å². The average Bonchev–Trinajstić information content (AvgIpc) is 2.59. The minimum Gasteiger partial charge on any atom is -0.244 e. The van der Waals surface area contributed by atoms with E-state index < -0.39 is 0 Å². The zero-order chi connectivity index (χ0) is 21.4. The summed E-state index contributed by atoms with van der Waals surface area (Å²) in [4.78, 5) is 18.0. The summed E-state index contributed by atoms with van der Waals surface area (Å²) >= 11 is 0. The smallest absolute Gasteiger partial charge is 0.115 e. The molecule has 2 aromatic heterocycles. The van der Waals surface area contributed by atoms with Crippen LogP contribution < -0.4 is 0 Å². The zero-order valence-electron chi connectivity index (χ0n) is 19.5. The third kappa shape index (κ3) is 4.95. The van der Waals surface area contributed by atoms with Crippen LogP contribution in [0.4, 0.5) is 0 Å². The maximum atomic E-state index is 4.63. The molecule has 0 aliphatic carbocycles. The summed E-state index contributed by atoms with van der Waals surface area (Å²) < 4.78 is 0. The highest BCUT2D eigenvalue weighted by Crippen LogP contribution is 2.40. The van der Waals surface area contributed by atoms with Crippen LogP contribution in [0.25, 0.3) is 0 Å². The maximum absolute atomic E-state index is 4.63. The summed E-state index contributed by atoms with van der Waals surface area (Å²) in [7, 11) is 0. The van der Waals surface area contributed by atoms with Crippen molar-refractivity contribution in [2.24, 2.45) is 0 Å². The van der Waals surface area contributed by atoms with Crippen LogP contribution in [0.3, 0.4) is 0 Å². The van der Waals surface area contributed by atoms with Gasteiger partial charge >= 0.3 is 0 Å². The van der Waals surface area contributed by atoms with E-state index in [4.69, 9.17) is 0 Å². The lowest BCUT2D eigenvalue weighted by Crippen LogP contribution is -2.30. The summed E-state index contributed by atoms with van der Waals surface area (Å²) in [6, 6.07) is 0. The van der Waals surface area contributed by atoms with Crippen LogP contribution in [-0.2, 0) is 21.7 Å². The van der Waals surface area contributed by atoms with Crippen molar-refractivity contribution in [3.05, 3.63) is 47.6 Å². The topological polar surface area (TPSA) is 51.6 Å². The van der Waals surface area contributed by atoms with E-state index in [1.165, 1.54) is 11.1 Å². The number of hydrogen-bond donors (Lipinski definition) is 0. The zero-order valence-corrected chi connectivity index (χ0v) is 19.5. The third-order valence-electron chi connectivity index (χ3n) is 5.68. The standard InChI is InChI=1S/C24H38N4/c1-21(2,3)19-17(13-25-15-27-19)23(7,8)11-12-24(9,10)18-14-26-16-28-20(18)22(4,5)6/h13-16H,11-12H2,1-10H3. The Morgan fingerprint density at radius 1 is 0.571 bits per heavy atom. The monoisotopic (exact) mass is 382 g/mol. The molecule has 0 bridgehead atoms. The van der Waals surface area contributed by atoms with Crippen LogP contribution in [-0.4, -0.2) is 19.9 Å². The van der Waals surface area contributed by atoms with Crippen LogP contribution in [0.2, 0.25) is 0 Å². The van der Waals surface area contributed by atoms with E-state index in [2.05, 4.69) is 89.2 Å². The van der Waals surface area contributed by atoms with E-state index in [0.717, 1.165) is 24.2 Å². The normalized spacial score (nSPS) is 13.6. The fourth-order valence-electron chi connectivity index (χ4n) is 3.74. The maximum Gasteiger partial charge on any atom is 0.115 e. The number of hydrogen-bond acceptors (Lipinski definition) is 4. The second-order valence-corrected chi connectivity index (χ2v) is 11.3. The van der Waals surface area contributed by atoms with Gasteiger partial charge in [0.1, 0.15) is 12.7 Å². The van der Waals surface area contributed by atoms with Crippen LogP contribution in [0, 0.1) is 0 Å². The summed E-state index contributed by atoms with van der Waals surface area (Å²) in [6.45, 7) is 22.5. The van der Waals surface area contributed by atoms with Gasteiger partial charge in [-0.05, 0) is 34.8 Å². The van der Waals surface area contributed by atoms with Gasteiger partial charge in [0.25, 0.3) is 0 Å². The molecule has 0 aromatic carbocycles. The Hall–Kier alpha value is -1.84. The van der Waals surface area contributed by atoms with Crippen molar-refractivity contribution in [1.82, 2.24) is 19.9 Å². The first-order valence-electron chi connectivity index (χ1n) is 10.3. The van der Waals surface area contributed by atoms with Gasteiger partial charge in [-0.1, -0.05) is 69.2 Å². The highest BCUT2D eigenvalue weighted by atomic mass is 14.8. The third-order valence-corrected chi connectivity index (χ3v) is 5.68. The molecule has 0 atom stereocenters. The van der Waals surface area contributed by atoms with Crippen molar-refractivity contribution < 1.29 is 0 Å². The average molecular weight is 383 g/mol. The molecule has 2 rings (SSSR count). The molecule has 0 aliphatic rings. The van der Waals surface area contributed by atoms with E-state index in [9.17, 15) is 0 Å². The van der Waals surface area contributed by atoms with Crippen molar-refractivity contribution in [2.45, 2.75) is 104 Å². The molecule has 0 unspecified atom stereocenters. The first-order valence-corrected chi connectivity index (χ1v) is 10.3. The Morgan fingerprint density at radius 3 is 1.18 bits per heavy atom. The highest BCUT2D eigenvalue weighted by Gasteiger charge is 2.34. The van der Waals surface area contributed by atoms with Crippen molar-refractivity contribution in [3.63, 3.8) is 0 Å². The lowest BCUT2D eigenvalue weighted by Gasteiger charge is -2.36. The van der Waals surface area contributed by atoms with Gasteiger partial charge in [-0.25, -0.2) is 19.9 Å². The molecule has 4 heteroatoms. The van der Waals surface area contributed by atoms with E-state index >= 15 is 0 Å². The van der Waals surface area contributed by atoms with E-state index in [-0.39, 0.29) is 21.7 Å². The predicted octanol–water partition coefficient (Wildman–Crippen LogP) is 5.90. The molecule has 2 heterocycles. The first-order chi connectivity index (χ1) is 12.7. The van der Waals surface area contributed by atoms with Gasteiger partial charge in [0.2, 0.25) is 0 Å². The molecule has 2 aromatic rings. The lowest BCUT2D eigenvalue weighted by atomic mass is 9.69. The molecular weight excluding hydrogens is 344 g/mol. The van der Waals surface area contributed by atoms with Crippen LogP contribution in [0.5, 0.6) is 0 Å². The minimum atomic E-state index is -0.0152. The molecule has 154 valence electrons. The van der Waals surface area contributed by atoms with Gasteiger partial charge in [0.05, 0.1) is 11.4 Å². The van der Waals surface area contributed by atoms with Crippen molar-refractivity contribution in [1.29, 1.82) is 0 Å². The van der Waals surface area contributed by atoms with Crippen molar-refractivity contribution >= 4 is 0 Å². The number of nitrogens with zero attached hydrogens (tertiary/aromatic N) is 4. The van der Waals surface area contributed by atoms with Crippen LogP contribution in [0.1, 0.15) is 105 Å². The summed E-state index contributed by atoms with van der Waals surface area (Å²) in [5.74, 6) is 0. The molecule has 0 aliphatic heterocycles. The molecular formula is C24H38N4. The van der Waals surface area contributed by atoms with Gasteiger partial charge < -0.3 is 0 Å². The minimum absolute atomic E-state index is 0.00225. The Balaban J connectivity index is 2.34. The van der Waals surface area contributed by atoms with Crippen molar-refractivity contribution in [3.8, 4) is 0 Å². The summed E-state index contributed by atoms with van der Waals surface area (Å²) in [5, 5.41) is 0. The van der Waals surface area contributed by atoms with Crippen molar-refractivity contribution in [2.75, 3.05) is 0 Å². The van der Waals surface area contributed by atoms with Crippen LogP contribution in [0.15, 0.2) is 25.0 Å². The quantitative estimate of drug-likeness (QED) is 0.646. The first kappa shape index (κ1) is 22.4. The van der Waals surface area contributed by atoms with E-state index in [0.29, 0.717) is 0 Å². The molecule has 0 N–H and O–H groups in total. The molecule has 0 saturated carbocycles. The molecule has 0 saturated heterocycles. The molecule has 0 radical (unpaired) electrons. The summed E-state index contributed by atoms with van der Waals surface area (Å²) in [6.07, 6.45) is 9.42. The Morgan fingerprint density at radius 2 is 0.893 bits per heavy atom. The van der Waals surface area contributed by atoms with Gasteiger partial charge in [-0.2, -0.15) is 0 Å². The predicted molar refractivity (Wildman–Crippen MR) is 117 cm³/mol. The largest absolute Gasteiger partial charge is 0.244 e. The van der Waals surface area contributed by atoms with E-state index in [1.54, 1.807) is 12.7 Å². The summed E-state index contributed by atoms with van der Waals surface area (Å²) in [5.41, 5.74) is 4.75. The fourth-order valence-corrected chi connectivity index (χ4v) is 3.74. The van der Waals surface area contributed by atoms with Gasteiger partial charge in [0.15, 0.2) is 0 Å². The fraction of sp³-hybridized carbons (Fsp3) is 0.667. The SMILES string of the molecule is CC(C)(C)c1ncncc1C(C)(C)CCC(C)(C)c1cncnc1C(C)(C)C. The lowest BCUT2D eigenvalue weighted by molar-refractivity contribution is 0.360.